The number of aromatic amines is 1. The molecule has 198 valence electrons. The van der Waals surface area contributed by atoms with Crippen LogP contribution in [0.3, 0.4) is 0 Å². The number of thiazole rings is 1. The van der Waals surface area contributed by atoms with E-state index in [1.54, 1.807) is 6.20 Å². The number of hydrogen-bond donors (Lipinski definition) is 5. The first-order valence-corrected chi connectivity index (χ1v) is 13.5. The van der Waals surface area contributed by atoms with Gasteiger partial charge in [-0.1, -0.05) is 18.2 Å². The molecule has 0 unspecified atom stereocenters. The number of piperazine rings is 1. The lowest BCUT2D eigenvalue weighted by molar-refractivity contribution is 0.00446. The number of pyridine rings is 1. The zero-order valence-electron chi connectivity index (χ0n) is 20.6. The number of para-hydroxylation sites is 1. The minimum absolute atomic E-state index is 0.240. The lowest BCUT2D eigenvalue weighted by atomic mass is 10.1. The summed E-state index contributed by atoms with van der Waals surface area (Å²) in [7, 11) is 0. The van der Waals surface area contributed by atoms with Gasteiger partial charge in [-0.25, -0.2) is 9.97 Å². The van der Waals surface area contributed by atoms with Crippen molar-refractivity contribution >= 4 is 39.1 Å². The molecule has 1 saturated carbocycles. The second kappa shape index (κ2) is 10.3. The summed E-state index contributed by atoms with van der Waals surface area (Å²) in [5.41, 5.74) is 0.732. The van der Waals surface area contributed by atoms with Gasteiger partial charge >= 0.3 is 0 Å². The second-order valence-corrected chi connectivity index (χ2v) is 10.7. The second-order valence-electron chi connectivity index (χ2n) is 9.67. The lowest BCUT2D eigenvalue weighted by Crippen LogP contribution is -2.48. The van der Waals surface area contributed by atoms with Crippen molar-refractivity contribution < 1.29 is 15.3 Å². The number of nitrogens with zero attached hydrogens (tertiary/aromatic N) is 5. The van der Waals surface area contributed by atoms with E-state index in [0.29, 0.717) is 36.3 Å². The molecule has 0 radical (unpaired) electrons. The molecule has 1 aromatic carbocycles. The molecule has 0 bridgehead atoms. The van der Waals surface area contributed by atoms with E-state index in [1.807, 2.05) is 47.4 Å². The molecule has 4 atom stereocenters. The van der Waals surface area contributed by atoms with Crippen LogP contribution in [0.1, 0.15) is 6.42 Å². The average molecular weight is 536 g/mol. The van der Waals surface area contributed by atoms with Gasteiger partial charge in [-0.2, -0.15) is 4.98 Å². The summed E-state index contributed by atoms with van der Waals surface area (Å²) < 4.78 is 0.944. The van der Waals surface area contributed by atoms with Gasteiger partial charge in [-0.15, -0.1) is 11.3 Å². The molecule has 0 amide bonds. The fourth-order valence-corrected chi connectivity index (χ4v) is 6.21. The Hall–Kier alpha value is -3.58. The van der Waals surface area contributed by atoms with Gasteiger partial charge in [-0.3, -0.25) is 9.78 Å². The first-order chi connectivity index (χ1) is 18.5. The third-order valence-electron chi connectivity index (χ3n) is 7.33. The van der Waals surface area contributed by atoms with Gasteiger partial charge < -0.3 is 30.4 Å². The highest BCUT2D eigenvalue weighted by molar-refractivity contribution is 7.21. The predicted octanol–water partition coefficient (Wildman–Crippen LogP) is 1.28. The van der Waals surface area contributed by atoms with Crippen LogP contribution in [-0.4, -0.2) is 86.3 Å². The van der Waals surface area contributed by atoms with E-state index in [9.17, 15) is 20.1 Å². The van der Waals surface area contributed by atoms with Crippen molar-refractivity contribution in [1.29, 1.82) is 0 Å². The smallest absolute Gasteiger partial charge is 0.264 e. The van der Waals surface area contributed by atoms with Gasteiger partial charge in [0.1, 0.15) is 28.3 Å². The summed E-state index contributed by atoms with van der Waals surface area (Å²) in [4.78, 5) is 34.6. The number of H-pyrrole nitrogens is 1. The number of rotatable bonds is 6. The maximum absolute atomic E-state index is 13.5. The number of nitrogens with one attached hydrogen (secondary N) is 2. The molecule has 38 heavy (non-hydrogen) atoms. The first kappa shape index (κ1) is 24.7. The molecule has 11 nitrogen and oxygen atoms in total. The van der Waals surface area contributed by atoms with Crippen molar-refractivity contribution in [2.24, 2.45) is 5.92 Å². The Kier molecular flexibility index (Phi) is 6.70. The number of aliphatic hydroxyl groups is 3. The van der Waals surface area contributed by atoms with Crippen LogP contribution in [0.2, 0.25) is 0 Å². The van der Waals surface area contributed by atoms with Crippen molar-refractivity contribution in [3.63, 3.8) is 0 Å². The molecule has 0 spiro atoms. The van der Waals surface area contributed by atoms with Crippen molar-refractivity contribution in [3.05, 3.63) is 59.0 Å². The average Bonchev–Trinajstić information content (AvgIpc) is 3.49. The van der Waals surface area contributed by atoms with E-state index in [1.165, 1.54) is 11.3 Å². The van der Waals surface area contributed by atoms with Gasteiger partial charge in [-0.05, 0) is 30.7 Å². The van der Waals surface area contributed by atoms with Crippen LogP contribution in [-0.2, 0) is 0 Å². The highest BCUT2D eigenvalue weighted by Gasteiger charge is 2.41. The molecule has 3 aromatic heterocycles. The minimum atomic E-state index is -1.11. The van der Waals surface area contributed by atoms with Crippen LogP contribution in [0.4, 0.5) is 17.6 Å². The van der Waals surface area contributed by atoms with E-state index in [4.69, 9.17) is 4.98 Å². The van der Waals surface area contributed by atoms with Crippen LogP contribution >= 0.6 is 11.3 Å². The summed E-state index contributed by atoms with van der Waals surface area (Å²) in [5.74, 6) is 1.17. The molecular weight excluding hydrogens is 506 g/mol. The Morgan fingerprint density at radius 1 is 1.00 bits per heavy atom. The zero-order valence-corrected chi connectivity index (χ0v) is 21.4. The van der Waals surface area contributed by atoms with E-state index in [-0.39, 0.29) is 17.7 Å². The monoisotopic (exact) mass is 535 g/mol. The van der Waals surface area contributed by atoms with E-state index in [2.05, 4.69) is 25.2 Å². The summed E-state index contributed by atoms with van der Waals surface area (Å²) in [6.07, 6.45) is -0.0637. The van der Waals surface area contributed by atoms with Crippen molar-refractivity contribution in [1.82, 2.24) is 19.9 Å². The Morgan fingerprint density at radius 2 is 1.76 bits per heavy atom. The Labute approximate surface area is 222 Å². The van der Waals surface area contributed by atoms with Crippen LogP contribution < -0.4 is 20.7 Å². The normalized spacial score (nSPS) is 23.8. The summed E-state index contributed by atoms with van der Waals surface area (Å²) >= 11 is 1.39. The highest BCUT2D eigenvalue weighted by Crippen LogP contribution is 2.35. The third-order valence-corrected chi connectivity index (χ3v) is 8.38. The summed E-state index contributed by atoms with van der Waals surface area (Å²) in [6, 6.07) is 12.9. The molecule has 6 rings (SSSR count). The van der Waals surface area contributed by atoms with Gasteiger partial charge in [0.2, 0.25) is 5.95 Å². The Balaban J connectivity index is 1.34. The molecule has 2 aliphatic rings. The largest absolute Gasteiger partial charge is 0.396 e. The zero-order chi connectivity index (χ0) is 26.2. The fourth-order valence-electron chi connectivity index (χ4n) is 5.21. The van der Waals surface area contributed by atoms with E-state index >= 15 is 0 Å². The molecule has 12 heteroatoms. The molecular formula is C26H29N7O4S. The number of aromatic nitrogens is 4. The summed E-state index contributed by atoms with van der Waals surface area (Å²) in [5, 5.41) is 34.4. The van der Waals surface area contributed by atoms with Crippen LogP contribution in [0, 0.1) is 5.92 Å². The number of aliphatic hydroxyl groups excluding tert-OH is 3. The molecule has 4 aromatic rings. The molecule has 1 aliphatic carbocycles. The van der Waals surface area contributed by atoms with Crippen molar-refractivity contribution in [3.8, 4) is 10.6 Å². The van der Waals surface area contributed by atoms with Crippen LogP contribution in [0.25, 0.3) is 20.8 Å². The standard InChI is InChI=1S/C26H29N7O4S/c34-14-15-13-17(22(36)21(15)35)28-23-20(25-29-16-5-1-2-6-18(16)38-25)24(37)31-26(30-23)33-11-9-32(10-12-33)19-7-3-4-8-27-19/h1-8,15,17,21-22,34-36H,9-14H2,(H2,28,30,31,37)/t15-,17-,21-,22+/m1/s1. The van der Waals surface area contributed by atoms with Gasteiger partial charge in [0.15, 0.2) is 0 Å². The number of benzene rings is 1. The molecule has 2 fully saturated rings. The third kappa shape index (κ3) is 4.60. The minimum Gasteiger partial charge on any atom is -0.396 e. The molecule has 5 N–H and O–H groups in total. The highest BCUT2D eigenvalue weighted by atomic mass is 32.1. The first-order valence-electron chi connectivity index (χ1n) is 12.7. The number of hydrogen-bond acceptors (Lipinski definition) is 11. The van der Waals surface area contributed by atoms with Crippen LogP contribution in [0.15, 0.2) is 53.5 Å². The van der Waals surface area contributed by atoms with E-state index in [0.717, 1.165) is 29.1 Å². The molecule has 1 saturated heterocycles. The molecule has 1 aliphatic heterocycles. The van der Waals surface area contributed by atoms with Gasteiger partial charge in [0.25, 0.3) is 5.56 Å². The SMILES string of the molecule is O=c1[nH]c(N2CCN(c3ccccn3)CC2)nc(N[C@@H]2C[C@H](CO)[C@@H](O)[C@H]2O)c1-c1nc2ccccc2s1. The van der Waals surface area contributed by atoms with Gasteiger partial charge in [0.05, 0.1) is 22.4 Å². The molecule has 4 heterocycles. The summed E-state index contributed by atoms with van der Waals surface area (Å²) in [6.45, 7) is 2.47. The van der Waals surface area contributed by atoms with Gasteiger partial charge in [0, 0.05) is 44.9 Å². The van der Waals surface area contributed by atoms with Crippen molar-refractivity contribution in [2.45, 2.75) is 24.7 Å². The topological polar surface area (TPSA) is 151 Å². The van der Waals surface area contributed by atoms with E-state index < -0.39 is 24.2 Å². The number of fused-ring (bicyclic) bond motifs is 1. The van der Waals surface area contributed by atoms with Crippen molar-refractivity contribution in [2.75, 3.05) is 47.9 Å². The maximum Gasteiger partial charge on any atom is 0.264 e. The Morgan fingerprint density at radius 3 is 2.47 bits per heavy atom. The fraction of sp³-hybridized carbons (Fsp3) is 0.385. The quantitative estimate of drug-likeness (QED) is 0.244. The predicted molar refractivity (Wildman–Crippen MR) is 147 cm³/mol. The maximum atomic E-state index is 13.5. The lowest BCUT2D eigenvalue weighted by Gasteiger charge is -2.35. The Bertz CT molecular complexity index is 1440. The van der Waals surface area contributed by atoms with Crippen LogP contribution in [0.5, 0.6) is 0 Å². The number of anilines is 3.